The number of hydrogen-bond donors (Lipinski definition) is 3. The van der Waals surface area contributed by atoms with E-state index in [2.05, 4.69) is 15.6 Å². The summed E-state index contributed by atoms with van der Waals surface area (Å²) in [5.41, 5.74) is -0.656. The highest BCUT2D eigenvalue weighted by Gasteiger charge is 2.30. The molecule has 1 saturated heterocycles. The van der Waals surface area contributed by atoms with Gasteiger partial charge in [-0.2, -0.15) is 0 Å². The third kappa shape index (κ3) is 6.07. The van der Waals surface area contributed by atoms with Gasteiger partial charge in [0, 0.05) is 32.6 Å². The van der Waals surface area contributed by atoms with Crippen molar-refractivity contribution in [3.8, 4) is 5.75 Å². The molecule has 3 N–H and O–H groups in total. The number of carbonyl (C=O) groups is 3. The molecule has 1 aromatic heterocycles. The molecule has 2 aromatic rings. The van der Waals surface area contributed by atoms with Gasteiger partial charge in [-0.25, -0.2) is 13.8 Å². The van der Waals surface area contributed by atoms with Crippen molar-refractivity contribution in [1.82, 2.24) is 25.1 Å². The van der Waals surface area contributed by atoms with Crippen LogP contribution in [0.3, 0.4) is 0 Å². The minimum atomic E-state index is -1.12. The second-order valence-corrected chi connectivity index (χ2v) is 9.56. The minimum Gasteiger partial charge on any atom is -0.501 e. The molecule has 1 fully saturated rings. The Kier molecular flexibility index (Phi) is 8.06. The van der Waals surface area contributed by atoms with E-state index in [0.717, 1.165) is 6.07 Å². The SMILES string of the molecule is O=C(NCC1CCc2nc(C(=O)NCc3ccc(F)c(Cl)c3)c(O)c(=O)n2CC1)C(=O)N1CC[C@@H](F)C1. The van der Waals surface area contributed by atoms with Crippen LogP contribution in [0.25, 0.3) is 0 Å². The Balaban J connectivity index is 1.37. The van der Waals surface area contributed by atoms with E-state index in [1.807, 2.05) is 0 Å². The Labute approximate surface area is 215 Å². The van der Waals surface area contributed by atoms with Gasteiger partial charge in [-0.05, 0) is 42.9 Å². The van der Waals surface area contributed by atoms with E-state index in [4.69, 9.17) is 11.6 Å². The molecule has 37 heavy (non-hydrogen) atoms. The first-order valence-corrected chi connectivity index (χ1v) is 12.3. The number of amides is 3. The number of aromatic hydroxyl groups is 1. The first-order chi connectivity index (χ1) is 17.6. The fraction of sp³-hybridized carbons (Fsp3) is 0.458. The molecule has 0 saturated carbocycles. The van der Waals surface area contributed by atoms with Crippen LogP contribution in [0.5, 0.6) is 5.75 Å². The van der Waals surface area contributed by atoms with Gasteiger partial charge >= 0.3 is 11.8 Å². The Morgan fingerprint density at radius 1 is 1.16 bits per heavy atom. The Hall–Kier alpha value is -3.54. The average Bonchev–Trinajstić information content (AvgIpc) is 3.21. The van der Waals surface area contributed by atoms with Gasteiger partial charge in [0.15, 0.2) is 5.69 Å². The molecule has 198 valence electrons. The van der Waals surface area contributed by atoms with Crippen molar-refractivity contribution in [3.05, 3.63) is 56.5 Å². The number of halogens is 3. The Morgan fingerprint density at radius 2 is 1.95 bits per heavy atom. The molecule has 2 atom stereocenters. The van der Waals surface area contributed by atoms with Crippen molar-refractivity contribution in [3.63, 3.8) is 0 Å². The van der Waals surface area contributed by atoms with Crippen LogP contribution in [-0.2, 0) is 29.1 Å². The number of rotatable bonds is 5. The number of carbonyl (C=O) groups excluding carboxylic acids is 3. The van der Waals surface area contributed by atoms with Crippen molar-refractivity contribution >= 4 is 29.3 Å². The molecule has 4 rings (SSSR count). The highest BCUT2D eigenvalue weighted by Crippen LogP contribution is 2.21. The fourth-order valence-electron chi connectivity index (χ4n) is 4.44. The van der Waals surface area contributed by atoms with Gasteiger partial charge in [0.05, 0.1) is 11.6 Å². The Morgan fingerprint density at radius 3 is 2.65 bits per heavy atom. The first kappa shape index (κ1) is 26.5. The molecule has 1 unspecified atom stereocenters. The van der Waals surface area contributed by atoms with Gasteiger partial charge < -0.3 is 20.6 Å². The second kappa shape index (κ2) is 11.2. The van der Waals surface area contributed by atoms with Gasteiger partial charge in [0.1, 0.15) is 17.8 Å². The fourth-order valence-corrected chi connectivity index (χ4v) is 4.64. The maximum absolute atomic E-state index is 13.3. The Bertz CT molecular complexity index is 1290. The van der Waals surface area contributed by atoms with Gasteiger partial charge in [0.25, 0.3) is 11.5 Å². The maximum Gasteiger partial charge on any atom is 0.311 e. The number of hydrogen-bond acceptors (Lipinski definition) is 6. The predicted octanol–water partition coefficient (Wildman–Crippen LogP) is 1.31. The lowest BCUT2D eigenvalue weighted by Crippen LogP contribution is -2.43. The molecule has 2 aliphatic heterocycles. The number of fused-ring (bicyclic) bond motifs is 1. The van der Waals surface area contributed by atoms with Crippen molar-refractivity contribution in [2.24, 2.45) is 5.92 Å². The van der Waals surface area contributed by atoms with Crippen LogP contribution in [0.4, 0.5) is 8.78 Å². The van der Waals surface area contributed by atoms with Gasteiger partial charge in [-0.15, -0.1) is 0 Å². The van der Waals surface area contributed by atoms with E-state index in [1.165, 1.54) is 21.6 Å². The van der Waals surface area contributed by atoms with E-state index in [0.29, 0.717) is 30.7 Å². The van der Waals surface area contributed by atoms with Crippen LogP contribution in [0.15, 0.2) is 23.0 Å². The highest BCUT2D eigenvalue weighted by atomic mass is 35.5. The van der Waals surface area contributed by atoms with Crippen LogP contribution in [-0.4, -0.2) is 63.1 Å². The molecule has 10 nitrogen and oxygen atoms in total. The van der Waals surface area contributed by atoms with Gasteiger partial charge in [-0.3, -0.25) is 23.7 Å². The van der Waals surface area contributed by atoms with E-state index < -0.39 is 46.7 Å². The molecule has 0 aliphatic carbocycles. The quantitative estimate of drug-likeness (QED) is 0.493. The lowest BCUT2D eigenvalue weighted by molar-refractivity contribution is -0.145. The number of likely N-dealkylation sites (tertiary alicyclic amines) is 1. The lowest BCUT2D eigenvalue weighted by Gasteiger charge is -2.17. The summed E-state index contributed by atoms with van der Waals surface area (Å²) in [6.45, 7) is 0.477. The molecule has 13 heteroatoms. The summed E-state index contributed by atoms with van der Waals surface area (Å²) in [4.78, 5) is 55.2. The molecular weight excluding hydrogens is 512 g/mol. The van der Waals surface area contributed by atoms with E-state index in [9.17, 15) is 33.1 Å². The van der Waals surface area contributed by atoms with Gasteiger partial charge in [0.2, 0.25) is 5.75 Å². The van der Waals surface area contributed by atoms with Crippen LogP contribution >= 0.6 is 11.6 Å². The summed E-state index contributed by atoms with van der Waals surface area (Å²) in [5.74, 6) is -3.50. The minimum absolute atomic E-state index is 0.0255. The summed E-state index contributed by atoms with van der Waals surface area (Å²) in [5, 5.41) is 15.4. The molecule has 0 spiro atoms. The van der Waals surface area contributed by atoms with Crippen molar-refractivity contribution in [1.29, 1.82) is 0 Å². The number of aryl methyl sites for hydroxylation is 1. The van der Waals surface area contributed by atoms with E-state index in [1.54, 1.807) is 0 Å². The first-order valence-electron chi connectivity index (χ1n) is 11.9. The smallest absolute Gasteiger partial charge is 0.311 e. The summed E-state index contributed by atoms with van der Waals surface area (Å²) >= 11 is 5.75. The largest absolute Gasteiger partial charge is 0.501 e. The number of nitrogens with zero attached hydrogens (tertiary/aromatic N) is 3. The van der Waals surface area contributed by atoms with E-state index in [-0.39, 0.29) is 50.1 Å². The van der Waals surface area contributed by atoms with Crippen LogP contribution in [0.1, 0.15) is 41.1 Å². The summed E-state index contributed by atoms with van der Waals surface area (Å²) in [6, 6.07) is 3.96. The third-order valence-corrected chi connectivity index (χ3v) is 6.87. The topological polar surface area (TPSA) is 134 Å². The summed E-state index contributed by atoms with van der Waals surface area (Å²) in [6.07, 6.45) is 0.378. The molecule has 2 aliphatic rings. The average molecular weight is 538 g/mol. The standard InChI is InChI=1S/C24H26ClF2N5O5/c25-16-9-14(1-3-17(16)27)11-28-21(34)19-20(33)23(36)32-8-5-13(2-4-18(32)30-19)10-29-22(35)24(37)31-7-6-15(26)12-31/h1,3,9,13,15,33H,2,4-8,10-12H2,(H,28,34)(H,29,35)/t13?,15-/m1/s1. The van der Waals surface area contributed by atoms with Crippen molar-refractivity contribution in [2.45, 2.75) is 44.9 Å². The zero-order chi connectivity index (χ0) is 26.7. The zero-order valence-electron chi connectivity index (χ0n) is 19.8. The van der Waals surface area contributed by atoms with Crippen molar-refractivity contribution < 1.29 is 28.3 Å². The summed E-state index contributed by atoms with van der Waals surface area (Å²) in [7, 11) is 0. The van der Waals surface area contributed by atoms with Crippen LogP contribution in [0.2, 0.25) is 5.02 Å². The van der Waals surface area contributed by atoms with E-state index >= 15 is 0 Å². The molecule has 0 bridgehead atoms. The van der Waals surface area contributed by atoms with Gasteiger partial charge in [-0.1, -0.05) is 17.7 Å². The third-order valence-electron chi connectivity index (χ3n) is 6.58. The molecule has 3 amide bonds. The van der Waals surface area contributed by atoms with Crippen LogP contribution < -0.4 is 16.2 Å². The molecule has 3 heterocycles. The normalized spacial score (nSPS) is 19.2. The molecule has 0 radical (unpaired) electrons. The zero-order valence-corrected chi connectivity index (χ0v) is 20.6. The second-order valence-electron chi connectivity index (χ2n) is 9.15. The predicted molar refractivity (Wildman–Crippen MR) is 128 cm³/mol. The number of benzene rings is 1. The number of nitrogens with one attached hydrogen (secondary N) is 2. The van der Waals surface area contributed by atoms with Crippen molar-refractivity contribution in [2.75, 3.05) is 19.6 Å². The number of aromatic nitrogens is 2. The monoisotopic (exact) mass is 537 g/mol. The van der Waals surface area contributed by atoms with Crippen LogP contribution in [0, 0.1) is 11.7 Å². The summed E-state index contributed by atoms with van der Waals surface area (Å²) < 4.78 is 27.9. The lowest BCUT2D eigenvalue weighted by atomic mass is 10.0. The molecule has 1 aromatic carbocycles. The maximum atomic E-state index is 13.3. The molecular formula is C24H26ClF2N5O5. The highest BCUT2D eigenvalue weighted by molar-refractivity contribution is 6.35. The number of alkyl halides is 1.